The Bertz CT molecular complexity index is 1510. The van der Waals surface area contributed by atoms with Crippen LogP contribution >= 0.6 is 0 Å². The van der Waals surface area contributed by atoms with Crippen LogP contribution in [0.25, 0.3) is 16.8 Å². The number of carboxylic acids is 2. The summed E-state index contributed by atoms with van der Waals surface area (Å²) in [5.41, 5.74) is 2.91. The molecule has 2 N–H and O–H groups in total. The second-order valence-corrected chi connectivity index (χ2v) is 10.3. The van der Waals surface area contributed by atoms with Gasteiger partial charge in [-0.2, -0.15) is 0 Å². The minimum absolute atomic E-state index is 0.0281. The van der Waals surface area contributed by atoms with Crippen molar-refractivity contribution >= 4 is 23.4 Å². The summed E-state index contributed by atoms with van der Waals surface area (Å²) in [6, 6.07) is 19.3. The number of benzene rings is 2. The Morgan fingerprint density at radius 2 is 1.69 bits per heavy atom. The highest BCUT2D eigenvalue weighted by Gasteiger charge is 2.37. The molecule has 9 heteroatoms. The van der Waals surface area contributed by atoms with Crippen molar-refractivity contribution in [3.8, 4) is 22.8 Å². The van der Waals surface area contributed by atoms with Gasteiger partial charge in [-0.15, -0.1) is 0 Å². The second kappa shape index (κ2) is 13.2. The van der Waals surface area contributed by atoms with Gasteiger partial charge in [-0.05, 0) is 61.2 Å². The molecule has 5 rings (SSSR count). The average molecular weight is 571 g/mol. The number of amides is 1. The van der Waals surface area contributed by atoms with Crippen LogP contribution in [0.1, 0.15) is 37.3 Å². The van der Waals surface area contributed by atoms with E-state index in [2.05, 4.69) is 11.1 Å². The Kier molecular flexibility index (Phi) is 9.42. The van der Waals surface area contributed by atoms with Crippen LogP contribution in [0.2, 0.25) is 0 Å². The van der Waals surface area contributed by atoms with Crippen molar-refractivity contribution in [3.05, 3.63) is 95.7 Å². The molecule has 1 saturated heterocycles. The lowest BCUT2D eigenvalue weighted by molar-refractivity contribution is -0.145. The Balaban J connectivity index is 0.000000196. The Labute approximate surface area is 244 Å². The third-order valence-electron chi connectivity index (χ3n) is 7.28. The molecule has 2 heterocycles. The number of hydrogen-bond donors (Lipinski definition) is 2. The van der Waals surface area contributed by atoms with Crippen molar-refractivity contribution < 1.29 is 34.1 Å². The summed E-state index contributed by atoms with van der Waals surface area (Å²) >= 11 is 0. The number of methoxy groups -OCH3 is 2. The summed E-state index contributed by atoms with van der Waals surface area (Å²) < 4.78 is 10.6. The fourth-order valence-electron chi connectivity index (χ4n) is 5.06. The molecule has 2 aliphatic rings. The molecular formula is C33H34N2O7. The standard InChI is InChI=1S/C17H18O6.C16H16N2O/c1-17(16(20)21)8-10(7-11(9-17)15(18)19)14-12(22-2)5-4-6-13(14)23-3;19-16-7-4-10-18(16)12-13-8-9-17-15(11-13)14-5-2-1-3-6-14/h4-8H,9H2,1-3H3,(H,18,19)(H,20,21);1-3,5-6,8-9,11H,4,7,10,12H2. The first-order valence-corrected chi connectivity index (χ1v) is 13.5. The van der Waals surface area contributed by atoms with E-state index in [0.29, 0.717) is 35.6 Å². The van der Waals surface area contributed by atoms with E-state index in [4.69, 9.17) is 9.47 Å². The fraction of sp³-hybridized carbons (Fsp3) is 0.273. The zero-order valence-corrected chi connectivity index (χ0v) is 23.9. The summed E-state index contributed by atoms with van der Waals surface area (Å²) in [7, 11) is 2.97. The van der Waals surface area contributed by atoms with Gasteiger partial charge < -0.3 is 24.6 Å². The number of aromatic nitrogens is 1. The molecule has 1 unspecified atom stereocenters. The number of hydrogen-bond acceptors (Lipinski definition) is 6. The topological polar surface area (TPSA) is 126 Å². The van der Waals surface area contributed by atoms with E-state index < -0.39 is 17.4 Å². The normalized spacial score (nSPS) is 17.9. The molecule has 0 radical (unpaired) electrons. The first-order chi connectivity index (χ1) is 20.1. The first kappa shape index (κ1) is 30.0. The number of ether oxygens (including phenoxy) is 2. The SMILES string of the molecule is COc1cccc(OC)c1C1=CC(C)(C(=O)O)CC(C(=O)O)=C1.O=C1CCCN1Cc1ccnc(-c2ccccc2)c1. The van der Waals surface area contributed by atoms with Crippen molar-refractivity contribution in [3.63, 3.8) is 0 Å². The van der Waals surface area contributed by atoms with Crippen LogP contribution in [0.15, 0.2) is 84.6 Å². The van der Waals surface area contributed by atoms with Gasteiger partial charge in [0.2, 0.25) is 5.91 Å². The Hall–Kier alpha value is -4.92. The van der Waals surface area contributed by atoms with Crippen molar-refractivity contribution in [1.82, 2.24) is 9.88 Å². The van der Waals surface area contributed by atoms with Crippen LogP contribution < -0.4 is 9.47 Å². The van der Waals surface area contributed by atoms with Gasteiger partial charge in [0.15, 0.2) is 0 Å². The fourth-order valence-corrected chi connectivity index (χ4v) is 5.06. The maximum atomic E-state index is 11.6. The molecule has 42 heavy (non-hydrogen) atoms. The van der Waals surface area contributed by atoms with E-state index in [-0.39, 0.29) is 17.9 Å². The molecule has 1 atom stereocenters. The van der Waals surface area contributed by atoms with Crippen LogP contribution in [-0.4, -0.2) is 58.7 Å². The lowest BCUT2D eigenvalue weighted by Crippen LogP contribution is -2.29. The summed E-state index contributed by atoms with van der Waals surface area (Å²) in [4.78, 5) is 41.0. The Morgan fingerprint density at radius 1 is 1.00 bits per heavy atom. The molecular weight excluding hydrogens is 536 g/mol. The number of likely N-dealkylation sites (tertiary alicyclic amines) is 1. The molecule has 1 aliphatic carbocycles. The minimum atomic E-state index is -1.32. The molecule has 3 aromatic rings. The van der Waals surface area contributed by atoms with Gasteiger partial charge in [0.05, 0.1) is 30.9 Å². The van der Waals surface area contributed by atoms with E-state index in [9.17, 15) is 24.6 Å². The number of rotatable bonds is 8. The third-order valence-corrected chi connectivity index (χ3v) is 7.28. The number of allylic oxidation sites excluding steroid dienone is 2. The van der Waals surface area contributed by atoms with Gasteiger partial charge in [0, 0.05) is 36.8 Å². The summed E-state index contributed by atoms with van der Waals surface area (Å²) in [5, 5.41) is 18.8. The number of nitrogens with zero attached hydrogens (tertiary/aromatic N) is 2. The molecule has 1 aromatic heterocycles. The zero-order valence-electron chi connectivity index (χ0n) is 23.9. The molecule has 1 amide bonds. The van der Waals surface area contributed by atoms with Gasteiger partial charge >= 0.3 is 11.9 Å². The number of carboxylic acid groups (broad SMARTS) is 2. The lowest BCUT2D eigenvalue weighted by atomic mass is 9.76. The predicted octanol–water partition coefficient (Wildman–Crippen LogP) is 5.46. The van der Waals surface area contributed by atoms with Crippen LogP contribution in [0, 0.1) is 5.41 Å². The molecule has 0 saturated carbocycles. The van der Waals surface area contributed by atoms with Crippen molar-refractivity contribution in [1.29, 1.82) is 0 Å². The molecule has 9 nitrogen and oxygen atoms in total. The van der Waals surface area contributed by atoms with Crippen molar-refractivity contribution in [2.75, 3.05) is 20.8 Å². The van der Waals surface area contributed by atoms with Gasteiger partial charge in [-0.25, -0.2) is 4.79 Å². The molecule has 0 spiro atoms. The van der Waals surface area contributed by atoms with Crippen LogP contribution in [0.4, 0.5) is 0 Å². The largest absolute Gasteiger partial charge is 0.496 e. The highest BCUT2D eigenvalue weighted by Crippen LogP contribution is 2.43. The highest BCUT2D eigenvalue weighted by atomic mass is 16.5. The van der Waals surface area contributed by atoms with Gasteiger partial charge in [-0.3, -0.25) is 14.6 Å². The van der Waals surface area contributed by atoms with Crippen molar-refractivity contribution in [2.45, 2.75) is 32.7 Å². The molecule has 1 aliphatic heterocycles. The van der Waals surface area contributed by atoms with Crippen LogP contribution in [0.5, 0.6) is 11.5 Å². The maximum Gasteiger partial charge on any atom is 0.331 e. The predicted molar refractivity (Wildman–Crippen MR) is 158 cm³/mol. The maximum absolute atomic E-state index is 11.6. The van der Waals surface area contributed by atoms with Crippen LogP contribution in [-0.2, 0) is 20.9 Å². The number of aliphatic carboxylic acids is 2. The van der Waals surface area contributed by atoms with E-state index >= 15 is 0 Å². The van der Waals surface area contributed by atoms with Gasteiger partial charge in [-0.1, -0.05) is 42.5 Å². The van der Waals surface area contributed by atoms with E-state index in [1.807, 2.05) is 47.5 Å². The van der Waals surface area contributed by atoms with E-state index in [1.54, 1.807) is 24.3 Å². The monoisotopic (exact) mass is 570 g/mol. The zero-order chi connectivity index (χ0) is 30.3. The Morgan fingerprint density at radius 3 is 2.26 bits per heavy atom. The quantitative estimate of drug-likeness (QED) is 0.366. The van der Waals surface area contributed by atoms with Gasteiger partial charge in [0.1, 0.15) is 11.5 Å². The molecule has 218 valence electrons. The number of carbonyl (C=O) groups is 3. The van der Waals surface area contributed by atoms with E-state index in [1.165, 1.54) is 27.2 Å². The van der Waals surface area contributed by atoms with Crippen LogP contribution in [0.3, 0.4) is 0 Å². The smallest absolute Gasteiger partial charge is 0.331 e. The summed E-state index contributed by atoms with van der Waals surface area (Å²) in [6.07, 6.45) is 6.42. The number of pyridine rings is 1. The third kappa shape index (κ3) is 6.86. The summed E-state index contributed by atoms with van der Waals surface area (Å²) in [5.74, 6) is -1.01. The molecule has 2 aromatic carbocycles. The highest BCUT2D eigenvalue weighted by molar-refractivity contribution is 5.97. The first-order valence-electron chi connectivity index (χ1n) is 13.5. The minimum Gasteiger partial charge on any atom is -0.496 e. The number of carbonyl (C=O) groups excluding carboxylic acids is 1. The van der Waals surface area contributed by atoms with Gasteiger partial charge in [0.25, 0.3) is 0 Å². The molecule has 1 fully saturated rings. The second-order valence-electron chi connectivity index (χ2n) is 10.3. The average Bonchev–Trinajstić information content (AvgIpc) is 3.40. The molecule has 0 bridgehead atoms. The van der Waals surface area contributed by atoms with Crippen molar-refractivity contribution in [2.24, 2.45) is 5.41 Å². The summed E-state index contributed by atoms with van der Waals surface area (Å²) in [6.45, 7) is 3.07. The van der Waals surface area contributed by atoms with E-state index in [0.717, 1.165) is 29.8 Å². The lowest BCUT2D eigenvalue weighted by Gasteiger charge is -2.27.